The maximum Gasteiger partial charge on any atom is 0.232 e. The second-order valence-corrected chi connectivity index (χ2v) is 4.36. The van der Waals surface area contributed by atoms with Crippen LogP contribution in [0.15, 0.2) is 34.7 Å². The Morgan fingerprint density at radius 2 is 2.17 bits per heavy atom. The number of para-hydroxylation sites is 1. The smallest absolute Gasteiger partial charge is 0.232 e. The van der Waals surface area contributed by atoms with E-state index in [0.29, 0.717) is 12.5 Å². The largest absolute Gasteiger partial charge is 0.484 e. The van der Waals surface area contributed by atoms with Crippen molar-refractivity contribution in [2.45, 2.75) is 26.0 Å². The lowest BCUT2D eigenvalue weighted by Gasteiger charge is -2.02. The molecule has 0 amide bonds. The molecule has 2 heterocycles. The Hall–Kier alpha value is -1.81. The standard InChI is InChI=1S/C14H16N2O2/c1-2-5-11(6-3-1)17-10-14-16-12-7-4-8-15-9-13(12)18-14/h1-3,5-6,15H,4,7-10H2. The van der Waals surface area contributed by atoms with Gasteiger partial charge < -0.3 is 14.5 Å². The lowest BCUT2D eigenvalue weighted by atomic mass is 10.2. The van der Waals surface area contributed by atoms with Gasteiger partial charge >= 0.3 is 0 Å². The van der Waals surface area contributed by atoms with Crippen LogP contribution in [0.5, 0.6) is 5.75 Å². The number of nitrogens with one attached hydrogen (secondary N) is 1. The fraction of sp³-hybridized carbons (Fsp3) is 0.357. The average molecular weight is 244 g/mol. The molecule has 1 aromatic carbocycles. The van der Waals surface area contributed by atoms with Crippen LogP contribution in [0.3, 0.4) is 0 Å². The quantitative estimate of drug-likeness (QED) is 0.900. The first-order valence-electron chi connectivity index (χ1n) is 6.28. The van der Waals surface area contributed by atoms with E-state index >= 15 is 0 Å². The van der Waals surface area contributed by atoms with Crippen molar-refractivity contribution in [1.29, 1.82) is 0 Å². The predicted octanol–water partition coefficient (Wildman–Crippen LogP) is 2.29. The third-order valence-corrected chi connectivity index (χ3v) is 2.98. The number of hydrogen-bond donors (Lipinski definition) is 1. The topological polar surface area (TPSA) is 47.3 Å². The van der Waals surface area contributed by atoms with Crippen LogP contribution in [0.1, 0.15) is 23.8 Å². The molecule has 0 atom stereocenters. The van der Waals surface area contributed by atoms with E-state index in [4.69, 9.17) is 9.15 Å². The minimum atomic E-state index is 0.386. The fourth-order valence-electron chi connectivity index (χ4n) is 2.08. The molecular formula is C14H16N2O2. The second kappa shape index (κ2) is 5.23. The summed E-state index contributed by atoms with van der Waals surface area (Å²) in [4.78, 5) is 4.49. The first-order chi connectivity index (χ1) is 8.92. The summed E-state index contributed by atoms with van der Waals surface area (Å²) < 4.78 is 11.3. The first kappa shape index (κ1) is 11.3. The molecule has 0 aliphatic carbocycles. The Bertz CT molecular complexity index is 484. The summed E-state index contributed by atoms with van der Waals surface area (Å²) in [6, 6.07) is 9.71. The number of hydrogen-bond acceptors (Lipinski definition) is 4. The van der Waals surface area contributed by atoms with Gasteiger partial charge in [0.25, 0.3) is 0 Å². The van der Waals surface area contributed by atoms with Gasteiger partial charge in [0.05, 0.1) is 12.2 Å². The van der Waals surface area contributed by atoms with Gasteiger partial charge in [-0.05, 0) is 31.5 Å². The van der Waals surface area contributed by atoms with Crippen molar-refractivity contribution >= 4 is 0 Å². The number of oxazole rings is 1. The molecule has 1 N–H and O–H groups in total. The van der Waals surface area contributed by atoms with E-state index in [-0.39, 0.29) is 0 Å². The summed E-state index contributed by atoms with van der Waals surface area (Å²) in [5.74, 6) is 2.45. The summed E-state index contributed by atoms with van der Waals surface area (Å²) in [7, 11) is 0. The molecule has 0 unspecified atom stereocenters. The summed E-state index contributed by atoms with van der Waals surface area (Å²) in [5, 5.41) is 3.32. The van der Waals surface area contributed by atoms with Crippen LogP contribution in [0.25, 0.3) is 0 Å². The molecule has 0 radical (unpaired) electrons. The summed E-state index contributed by atoms with van der Waals surface area (Å²) >= 11 is 0. The first-order valence-corrected chi connectivity index (χ1v) is 6.28. The maximum absolute atomic E-state index is 5.71. The lowest BCUT2D eigenvalue weighted by Crippen LogP contribution is -2.11. The molecule has 0 saturated heterocycles. The highest BCUT2D eigenvalue weighted by molar-refractivity contribution is 5.21. The zero-order chi connectivity index (χ0) is 12.2. The fourth-order valence-corrected chi connectivity index (χ4v) is 2.08. The Labute approximate surface area is 106 Å². The van der Waals surface area contributed by atoms with Gasteiger partial charge in [0.2, 0.25) is 5.89 Å². The molecule has 1 aromatic heterocycles. The Balaban J connectivity index is 1.67. The molecule has 1 aliphatic heterocycles. The summed E-state index contributed by atoms with van der Waals surface area (Å²) in [5.41, 5.74) is 1.08. The van der Waals surface area contributed by atoms with Gasteiger partial charge in [-0.3, -0.25) is 0 Å². The molecule has 0 spiro atoms. The van der Waals surface area contributed by atoms with Crippen LogP contribution < -0.4 is 10.1 Å². The van der Waals surface area contributed by atoms with Crippen molar-refractivity contribution in [3.05, 3.63) is 47.7 Å². The SMILES string of the molecule is c1ccc(OCc2nc3c(o2)CNCCC3)cc1. The van der Waals surface area contributed by atoms with E-state index in [9.17, 15) is 0 Å². The average Bonchev–Trinajstić information content (AvgIpc) is 2.68. The van der Waals surface area contributed by atoms with Crippen molar-refractivity contribution in [3.8, 4) is 5.75 Å². The molecule has 3 rings (SSSR count). The van der Waals surface area contributed by atoms with E-state index in [1.165, 1.54) is 0 Å². The number of ether oxygens (including phenoxy) is 1. The van der Waals surface area contributed by atoms with Crippen LogP contribution in [0.4, 0.5) is 0 Å². The number of benzene rings is 1. The van der Waals surface area contributed by atoms with Gasteiger partial charge in [-0.2, -0.15) is 0 Å². The third-order valence-electron chi connectivity index (χ3n) is 2.98. The van der Waals surface area contributed by atoms with E-state index in [1.807, 2.05) is 30.3 Å². The van der Waals surface area contributed by atoms with Crippen molar-refractivity contribution in [2.75, 3.05) is 6.54 Å². The summed E-state index contributed by atoms with van der Waals surface area (Å²) in [6.07, 6.45) is 2.09. The highest BCUT2D eigenvalue weighted by Gasteiger charge is 2.15. The zero-order valence-electron chi connectivity index (χ0n) is 10.2. The molecule has 18 heavy (non-hydrogen) atoms. The van der Waals surface area contributed by atoms with Crippen LogP contribution in [0, 0.1) is 0 Å². The Kier molecular flexibility index (Phi) is 3.28. The second-order valence-electron chi connectivity index (χ2n) is 4.36. The normalized spacial score (nSPS) is 14.9. The lowest BCUT2D eigenvalue weighted by molar-refractivity contribution is 0.258. The minimum Gasteiger partial charge on any atom is -0.484 e. The van der Waals surface area contributed by atoms with Crippen LogP contribution in [0.2, 0.25) is 0 Å². The third kappa shape index (κ3) is 2.54. The molecule has 4 heteroatoms. The van der Waals surface area contributed by atoms with Gasteiger partial charge in [0, 0.05) is 0 Å². The molecule has 4 nitrogen and oxygen atoms in total. The van der Waals surface area contributed by atoms with Gasteiger partial charge in [-0.1, -0.05) is 18.2 Å². The molecule has 0 saturated carbocycles. The van der Waals surface area contributed by atoms with E-state index in [0.717, 1.165) is 43.1 Å². The highest BCUT2D eigenvalue weighted by Crippen LogP contribution is 2.17. The van der Waals surface area contributed by atoms with E-state index in [1.54, 1.807) is 0 Å². The number of aryl methyl sites for hydroxylation is 1. The van der Waals surface area contributed by atoms with Crippen LogP contribution >= 0.6 is 0 Å². The van der Waals surface area contributed by atoms with Crippen LogP contribution in [-0.2, 0) is 19.6 Å². The highest BCUT2D eigenvalue weighted by atomic mass is 16.5. The van der Waals surface area contributed by atoms with Crippen molar-refractivity contribution in [2.24, 2.45) is 0 Å². The monoisotopic (exact) mass is 244 g/mol. The van der Waals surface area contributed by atoms with Crippen molar-refractivity contribution < 1.29 is 9.15 Å². The molecule has 0 bridgehead atoms. The van der Waals surface area contributed by atoms with Gasteiger partial charge in [-0.15, -0.1) is 0 Å². The predicted molar refractivity (Wildman–Crippen MR) is 67.3 cm³/mol. The Morgan fingerprint density at radius 1 is 1.28 bits per heavy atom. The Morgan fingerprint density at radius 3 is 3.06 bits per heavy atom. The number of nitrogens with zero attached hydrogens (tertiary/aromatic N) is 1. The van der Waals surface area contributed by atoms with E-state index < -0.39 is 0 Å². The number of rotatable bonds is 3. The molecule has 2 aromatic rings. The van der Waals surface area contributed by atoms with Crippen LogP contribution in [-0.4, -0.2) is 11.5 Å². The van der Waals surface area contributed by atoms with Gasteiger partial charge in [0.15, 0.2) is 6.61 Å². The molecule has 0 fully saturated rings. The number of fused-ring (bicyclic) bond motifs is 1. The molecular weight excluding hydrogens is 228 g/mol. The molecule has 94 valence electrons. The number of aromatic nitrogens is 1. The van der Waals surface area contributed by atoms with Crippen molar-refractivity contribution in [3.63, 3.8) is 0 Å². The zero-order valence-corrected chi connectivity index (χ0v) is 10.2. The van der Waals surface area contributed by atoms with E-state index in [2.05, 4.69) is 10.3 Å². The van der Waals surface area contributed by atoms with Gasteiger partial charge in [0.1, 0.15) is 11.5 Å². The minimum absolute atomic E-state index is 0.386. The maximum atomic E-state index is 5.71. The van der Waals surface area contributed by atoms with Gasteiger partial charge in [-0.25, -0.2) is 4.98 Å². The summed E-state index contributed by atoms with van der Waals surface area (Å²) in [6.45, 7) is 2.19. The molecule has 1 aliphatic rings. The van der Waals surface area contributed by atoms with Crippen molar-refractivity contribution in [1.82, 2.24) is 10.3 Å².